The molecular formula is C27H31ClN2O3S2. The Balaban J connectivity index is 1.73. The van der Waals surface area contributed by atoms with E-state index in [1.165, 1.54) is 11.3 Å². The lowest BCUT2D eigenvalue weighted by Crippen LogP contribution is -2.35. The summed E-state index contributed by atoms with van der Waals surface area (Å²) < 4.78 is 27.7. The van der Waals surface area contributed by atoms with Crippen LogP contribution < -0.4 is 0 Å². The predicted octanol–water partition coefficient (Wildman–Crippen LogP) is 7.31. The maximum atomic E-state index is 13.3. The van der Waals surface area contributed by atoms with E-state index in [0.717, 1.165) is 54.5 Å². The molecule has 1 saturated heterocycles. The summed E-state index contributed by atoms with van der Waals surface area (Å²) in [6.07, 6.45) is 5.43. The minimum absolute atomic E-state index is 0.0471. The van der Waals surface area contributed by atoms with Crippen molar-refractivity contribution in [2.45, 2.75) is 57.3 Å². The fraction of sp³-hybridized carbons (Fsp3) is 0.407. The summed E-state index contributed by atoms with van der Waals surface area (Å²) in [5, 5.41) is 1.12. The predicted molar refractivity (Wildman–Crippen MR) is 144 cm³/mol. The van der Waals surface area contributed by atoms with Gasteiger partial charge in [0.25, 0.3) is 0 Å². The standard InChI is InChI=1S/C27H31ClN2O3S2/c1-3-8-19(4-2)25(31)27-29-24(20-9-13-22(28)14-10-20)26(34-27)21-11-15-23(16-12-21)35(32,33)30-17-6-5-7-18-30/h9-16,19H,3-8,17-18H2,1-2H3. The number of sulfonamides is 1. The second-order valence-electron chi connectivity index (χ2n) is 8.95. The molecule has 1 fully saturated rings. The van der Waals surface area contributed by atoms with E-state index < -0.39 is 10.0 Å². The van der Waals surface area contributed by atoms with E-state index in [1.807, 2.05) is 43.3 Å². The largest absolute Gasteiger partial charge is 0.291 e. The number of hydrogen-bond donors (Lipinski definition) is 0. The van der Waals surface area contributed by atoms with Crippen molar-refractivity contribution in [2.24, 2.45) is 5.92 Å². The van der Waals surface area contributed by atoms with E-state index in [2.05, 4.69) is 6.92 Å². The summed E-state index contributed by atoms with van der Waals surface area (Å²) in [4.78, 5) is 19.2. The number of thiazole rings is 1. The highest BCUT2D eigenvalue weighted by atomic mass is 35.5. The topological polar surface area (TPSA) is 67.3 Å². The lowest BCUT2D eigenvalue weighted by Gasteiger charge is -2.25. The Bertz CT molecular complexity index is 1260. The molecule has 3 aromatic rings. The number of Topliss-reactive ketones (excluding diaryl/α,β-unsaturated/α-hetero) is 1. The first kappa shape index (κ1) is 26.0. The zero-order valence-electron chi connectivity index (χ0n) is 20.2. The zero-order chi connectivity index (χ0) is 25.0. The molecule has 1 atom stereocenters. The zero-order valence-corrected chi connectivity index (χ0v) is 22.6. The molecule has 1 aromatic heterocycles. The fourth-order valence-electron chi connectivity index (χ4n) is 4.50. The van der Waals surface area contributed by atoms with Crippen LogP contribution in [0, 0.1) is 5.92 Å². The van der Waals surface area contributed by atoms with Gasteiger partial charge in [0.05, 0.1) is 15.5 Å². The molecule has 2 heterocycles. The third-order valence-electron chi connectivity index (χ3n) is 6.53. The van der Waals surface area contributed by atoms with Crippen LogP contribution in [0.15, 0.2) is 53.4 Å². The molecule has 8 heteroatoms. The van der Waals surface area contributed by atoms with Gasteiger partial charge in [0.15, 0.2) is 10.8 Å². The highest BCUT2D eigenvalue weighted by molar-refractivity contribution is 7.89. The highest BCUT2D eigenvalue weighted by Crippen LogP contribution is 2.39. The fourth-order valence-corrected chi connectivity index (χ4v) is 7.26. The Labute approximate surface area is 217 Å². The number of nitrogens with zero attached hydrogens (tertiary/aromatic N) is 2. The van der Waals surface area contributed by atoms with Crippen molar-refractivity contribution in [1.82, 2.24) is 9.29 Å². The van der Waals surface area contributed by atoms with Gasteiger partial charge >= 0.3 is 0 Å². The summed E-state index contributed by atoms with van der Waals surface area (Å²) in [6.45, 7) is 5.26. The molecule has 186 valence electrons. The Morgan fingerprint density at radius 3 is 2.23 bits per heavy atom. The third kappa shape index (κ3) is 5.69. The molecule has 5 nitrogen and oxygen atoms in total. The summed E-state index contributed by atoms with van der Waals surface area (Å²) in [5.74, 6) is 0.0271. The maximum absolute atomic E-state index is 13.3. The summed E-state index contributed by atoms with van der Waals surface area (Å²) in [7, 11) is -3.50. The van der Waals surface area contributed by atoms with E-state index in [0.29, 0.717) is 33.7 Å². The number of benzene rings is 2. The minimum Gasteiger partial charge on any atom is -0.291 e. The molecule has 0 spiro atoms. The second kappa shape index (κ2) is 11.3. The minimum atomic E-state index is -3.50. The average Bonchev–Trinajstić information content (AvgIpc) is 3.33. The Morgan fingerprint density at radius 1 is 1.00 bits per heavy atom. The van der Waals surface area contributed by atoms with Gasteiger partial charge in [-0.2, -0.15) is 4.31 Å². The lowest BCUT2D eigenvalue weighted by molar-refractivity contribution is 0.0909. The van der Waals surface area contributed by atoms with Crippen molar-refractivity contribution in [3.8, 4) is 21.7 Å². The van der Waals surface area contributed by atoms with Crippen LogP contribution in [-0.2, 0) is 10.0 Å². The molecule has 4 rings (SSSR count). The smallest absolute Gasteiger partial charge is 0.243 e. The molecule has 1 unspecified atom stereocenters. The van der Waals surface area contributed by atoms with Crippen LogP contribution in [0.5, 0.6) is 0 Å². The van der Waals surface area contributed by atoms with Crippen molar-refractivity contribution in [1.29, 1.82) is 0 Å². The van der Waals surface area contributed by atoms with Crippen molar-refractivity contribution < 1.29 is 13.2 Å². The van der Waals surface area contributed by atoms with Gasteiger partial charge in [-0.1, -0.05) is 62.6 Å². The molecule has 0 saturated carbocycles. The first-order chi connectivity index (χ1) is 16.8. The SMILES string of the molecule is CCCC(CC)C(=O)c1nc(-c2ccc(Cl)cc2)c(-c2ccc(S(=O)(=O)N3CCCCC3)cc2)s1. The summed E-state index contributed by atoms with van der Waals surface area (Å²) in [6, 6.07) is 14.4. The Kier molecular flexibility index (Phi) is 8.42. The van der Waals surface area contributed by atoms with Crippen LogP contribution in [0.2, 0.25) is 5.02 Å². The molecule has 2 aromatic carbocycles. The molecule has 1 aliphatic heterocycles. The van der Waals surface area contributed by atoms with E-state index >= 15 is 0 Å². The monoisotopic (exact) mass is 530 g/mol. The first-order valence-electron chi connectivity index (χ1n) is 12.3. The molecule has 0 bridgehead atoms. The maximum Gasteiger partial charge on any atom is 0.243 e. The van der Waals surface area contributed by atoms with E-state index in [-0.39, 0.29) is 11.7 Å². The number of rotatable bonds is 9. The van der Waals surface area contributed by atoms with Gasteiger partial charge in [0.2, 0.25) is 10.0 Å². The second-order valence-corrected chi connectivity index (χ2v) is 12.3. The van der Waals surface area contributed by atoms with E-state index in [9.17, 15) is 13.2 Å². The van der Waals surface area contributed by atoms with Crippen molar-refractivity contribution in [3.05, 3.63) is 58.6 Å². The molecular weight excluding hydrogens is 500 g/mol. The molecule has 0 amide bonds. The van der Waals surface area contributed by atoms with E-state index in [4.69, 9.17) is 16.6 Å². The van der Waals surface area contributed by atoms with Crippen LogP contribution in [-0.4, -0.2) is 36.6 Å². The number of carbonyl (C=O) groups excluding carboxylic acids is 1. The van der Waals surface area contributed by atoms with Gasteiger partial charge in [-0.25, -0.2) is 13.4 Å². The van der Waals surface area contributed by atoms with Gasteiger partial charge < -0.3 is 0 Å². The highest BCUT2D eigenvalue weighted by Gasteiger charge is 2.27. The van der Waals surface area contributed by atoms with Crippen molar-refractivity contribution in [3.63, 3.8) is 0 Å². The summed E-state index contributed by atoms with van der Waals surface area (Å²) >= 11 is 7.48. The number of ketones is 1. The number of hydrogen-bond acceptors (Lipinski definition) is 5. The number of halogens is 1. The molecule has 0 N–H and O–H groups in total. The summed E-state index contributed by atoms with van der Waals surface area (Å²) in [5.41, 5.74) is 2.42. The normalized spacial score (nSPS) is 15.7. The van der Waals surface area contributed by atoms with Crippen LogP contribution in [0.4, 0.5) is 0 Å². The molecule has 0 radical (unpaired) electrons. The van der Waals surface area contributed by atoms with E-state index in [1.54, 1.807) is 16.4 Å². The van der Waals surface area contributed by atoms with Crippen molar-refractivity contribution >= 4 is 38.7 Å². The molecule has 1 aliphatic rings. The number of aromatic nitrogens is 1. The van der Waals surface area contributed by atoms with Gasteiger partial charge in [-0.05, 0) is 55.5 Å². The third-order valence-corrected chi connectivity index (χ3v) is 9.81. The first-order valence-corrected chi connectivity index (χ1v) is 14.9. The Morgan fingerprint density at radius 2 is 1.63 bits per heavy atom. The quantitative estimate of drug-likeness (QED) is 0.272. The number of carbonyl (C=O) groups is 1. The van der Waals surface area contributed by atoms with Crippen LogP contribution in [0.3, 0.4) is 0 Å². The van der Waals surface area contributed by atoms with Crippen molar-refractivity contribution in [2.75, 3.05) is 13.1 Å². The van der Waals surface area contributed by atoms with Crippen LogP contribution in [0.25, 0.3) is 21.7 Å². The van der Waals surface area contributed by atoms with Crippen LogP contribution >= 0.6 is 22.9 Å². The average molecular weight is 531 g/mol. The van der Waals surface area contributed by atoms with Gasteiger partial charge in [0.1, 0.15) is 0 Å². The Hall–Kier alpha value is -2.06. The van der Waals surface area contributed by atoms with Gasteiger partial charge in [-0.3, -0.25) is 4.79 Å². The molecule has 35 heavy (non-hydrogen) atoms. The van der Waals surface area contributed by atoms with Crippen LogP contribution in [0.1, 0.15) is 62.2 Å². The number of piperidine rings is 1. The van der Waals surface area contributed by atoms with Gasteiger partial charge in [0, 0.05) is 29.6 Å². The lowest BCUT2D eigenvalue weighted by atomic mass is 9.96. The molecule has 0 aliphatic carbocycles. The van der Waals surface area contributed by atoms with Gasteiger partial charge in [-0.15, -0.1) is 11.3 Å².